The Morgan fingerprint density at radius 1 is 1.25 bits per heavy atom. The van der Waals surface area contributed by atoms with Crippen LogP contribution in [0.4, 0.5) is 0 Å². The molecule has 1 aliphatic heterocycles. The van der Waals surface area contributed by atoms with Crippen molar-refractivity contribution < 1.29 is 0 Å². The second-order valence-corrected chi connectivity index (χ2v) is 8.45. The fourth-order valence-electron chi connectivity index (χ4n) is 4.66. The van der Waals surface area contributed by atoms with Gasteiger partial charge >= 0.3 is 0 Å². The molecule has 4 rings (SSSR count). The molecule has 2 heterocycles. The Bertz CT molecular complexity index is 845. The average molecular weight is 396 g/mol. The standard InChI is InChI=1S/C24H30ClN3/c1-2-18-14-20(4-3-12-28-13-11-27-17-28)24-16-21(25)5-6-22(24)23(15-18)19-7-9-26-10-8-19/h5-6,11,13-17,19,23,26H,2-4,7-10,12H2,1H3. The summed E-state index contributed by atoms with van der Waals surface area (Å²) in [4.78, 5) is 4.15. The molecule has 28 heavy (non-hydrogen) atoms. The van der Waals surface area contributed by atoms with E-state index in [1.165, 1.54) is 35.1 Å². The molecule has 1 aliphatic carbocycles. The first-order valence-electron chi connectivity index (χ1n) is 10.6. The number of benzene rings is 1. The second kappa shape index (κ2) is 9.11. The number of aromatic nitrogens is 2. The lowest BCUT2D eigenvalue weighted by molar-refractivity contribution is 0.346. The van der Waals surface area contributed by atoms with Crippen LogP contribution in [0.3, 0.4) is 0 Å². The highest BCUT2D eigenvalue weighted by molar-refractivity contribution is 6.30. The van der Waals surface area contributed by atoms with Gasteiger partial charge in [-0.1, -0.05) is 42.3 Å². The van der Waals surface area contributed by atoms with Gasteiger partial charge in [0, 0.05) is 29.9 Å². The van der Waals surface area contributed by atoms with Crippen LogP contribution in [-0.4, -0.2) is 22.6 Å². The van der Waals surface area contributed by atoms with Crippen molar-refractivity contribution in [1.82, 2.24) is 14.9 Å². The summed E-state index contributed by atoms with van der Waals surface area (Å²) in [6.07, 6.45) is 16.5. The zero-order chi connectivity index (χ0) is 19.3. The van der Waals surface area contributed by atoms with E-state index in [4.69, 9.17) is 11.6 Å². The third-order valence-electron chi connectivity index (χ3n) is 6.20. The molecule has 1 N–H and O–H groups in total. The van der Waals surface area contributed by atoms with E-state index >= 15 is 0 Å². The van der Waals surface area contributed by atoms with Gasteiger partial charge in [-0.25, -0.2) is 4.98 Å². The highest BCUT2D eigenvalue weighted by atomic mass is 35.5. The molecule has 2 aromatic rings. The number of hydrogen-bond donors (Lipinski definition) is 1. The van der Waals surface area contributed by atoms with Crippen molar-refractivity contribution in [3.05, 3.63) is 70.8 Å². The van der Waals surface area contributed by atoms with Crippen LogP contribution in [0.1, 0.15) is 56.1 Å². The van der Waals surface area contributed by atoms with Gasteiger partial charge in [-0.3, -0.25) is 0 Å². The van der Waals surface area contributed by atoms with Crippen LogP contribution in [0, 0.1) is 5.92 Å². The van der Waals surface area contributed by atoms with Crippen LogP contribution in [0.5, 0.6) is 0 Å². The number of imidazole rings is 1. The molecule has 0 spiro atoms. The highest BCUT2D eigenvalue weighted by Crippen LogP contribution is 2.42. The first kappa shape index (κ1) is 19.5. The summed E-state index contributed by atoms with van der Waals surface area (Å²) < 4.78 is 2.16. The molecule has 3 nitrogen and oxygen atoms in total. The fourth-order valence-corrected chi connectivity index (χ4v) is 4.83. The molecule has 1 aromatic heterocycles. The van der Waals surface area contributed by atoms with Crippen molar-refractivity contribution in [2.45, 2.75) is 51.5 Å². The van der Waals surface area contributed by atoms with Crippen LogP contribution in [0.25, 0.3) is 5.57 Å². The van der Waals surface area contributed by atoms with E-state index < -0.39 is 0 Å². The lowest BCUT2D eigenvalue weighted by Gasteiger charge is -2.30. The molecule has 1 fully saturated rings. The van der Waals surface area contributed by atoms with Gasteiger partial charge in [-0.15, -0.1) is 0 Å². The summed E-state index contributed by atoms with van der Waals surface area (Å²) in [6.45, 7) is 5.53. The quantitative estimate of drug-likeness (QED) is 0.666. The first-order chi connectivity index (χ1) is 13.7. The van der Waals surface area contributed by atoms with Crippen LogP contribution in [-0.2, 0) is 6.54 Å². The Morgan fingerprint density at radius 3 is 2.86 bits per heavy atom. The van der Waals surface area contributed by atoms with Crippen LogP contribution >= 0.6 is 11.6 Å². The highest BCUT2D eigenvalue weighted by Gasteiger charge is 2.28. The Labute approximate surface area is 173 Å². The summed E-state index contributed by atoms with van der Waals surface area (Å²) >= 11 is 6.45. The Morgan fingerprint density at radius 2 is 2.11 bits per heavy atom. The number of aryl methyl sites for hydroxylation is 1. The van der Waals surface area contributed by atoms with E-state index in [9.17, 15) is 0 Å². The zero-order valence-corrected chi connectivity index (χ0v) is 17.5. The van der Waals surface area contributed by atoms with E-state index in [1.807, 2.05) is 18.7 Å². The van der Waals surface area contributed by atoms with Gasteiger partial charge in [-0.2, -0.15) is 0 Å². The van der Waals surface area contributed by atoms with Gasteiger partial charge in [-0.05, 0) is 79.9 Å². The smallest absolute Gasteiger partial charge is 0.0945 e. The molecular weight excluding hydrogens is 366 g/mol. The minimum atomic E-state index is 0.492. The molecule has 1 saturated heterocycles. The molecule has 4 heteroatoms. The number of piperidine rings is 1. The summed E-state index contributed by atoms with van der Waals surface area (Å²) in [5.41, 5.74) is 5.73. The number of fused-ring (bicyclic) bond motifs is 1. The molecule has 148 valence electrons. The molecule has 0 saturated carbocycles. The fraction of sp³-hybridized carbons (Fsp3) is 0.458. The Hall–Kier alpha value is -1.84. The van der Waals surface area contributed by atoms with E-state index in [0.717, 1.165) is 43.9 Å². The topological polar surface area (TPSA) is 29.9 Å². The van der Waals surface area contributed by atoms with Crippen LogP contribution < -0.4 is 5.32 Å². The normalized spacial score (nSPS) is 20.3. The monoisotopic (exact) mass is 395 g/mol. The number of hydrogen-bond acceptors (Lipinski definition) is 2. The molecular formula is C24H30ClN3. The molecule has 1 unspecified atom stereocenters. The van der Waals surface area contributed by atoms with Gasteiger partial charge in [0.1, 0.15) is 0 Å². The van der Waals surface area contributed by atoms with Crippen molar-refractivity contribution in [3.63, 3.8) is 0 Å². The second-order valence-electron chi connectivity index (χ2n) is 8.01. The zero-order valence-electron chi connectivity index (χ0n) is 16.7. The van der Waals surface area contributed by atoms with Gasteiger partial charge in [0.15, 0.2) is 0 Å². The van der Waals surface area contributed by atoms with E-state index in [1.54, 1.807) is 0 Å². The van der Waals surface area contributed by atoms with Crippen LogP contribution in [0.15, 0.2) is 54.6 Å². The number of halogens is 1. The maximum atomic E-state index is 6.45. The third kappa shape index (κ3) is 4.42. The summed E-state index contributed by atoms with van der Waals surface area (Å²) in [6, 6.07) is 6.55. The van der Waals surface area contributed by atoms with Crippen molar-refractivity contribution in [1.29, 1.82) is 0 Å². The van der Waals surface area contributed by atoms with Gasteiger partial charge in [0.25, 0.3) is 0 Å². The number of rotatable bonds is 6. The van der Waals surface area contributed by atoms with Crippen molar-refractivity contribution in [2.75, 3.05) is 13.1 Å². The number of nitrogens with one attached hydrogen (secondary N) is 1. The average Bonchev–Trinajstić information content (AvgIpc) is 3.19. The van der Waals surface area contributed by atoms with Gasteiger partial charge < -0.3 is 9.88 Å². The third-order valence-corrected chi connectivity index (χ3v) is 6.43. The molecule has 1 aromatic carbocycles. The Balaban J connectivity index is 1.64. The molecule has 1 atom stereocenters. The Kier molecular flexibility index (Phi) is 6.33. The molecule has 2 aliphatic rings. The van der Waals surface area contributed by atoms with E-state index in [0.29, 0.717) is 11.8 Å². The van der Waals surface area contributed by atoms with Crippen molar-refractivity contribution >= 4 is 17.2 Å². The summed E-state index contributed by atoms with van der Waals surface area (Å²) in [7, 11) is 0. The van der Waals surface area contributed by atoms with E-state index in [-0.39, 0.29) is 0 Å². The minimum Gasteiger partial charge on any atom is -0.337 e. The maximum Gasteiger partial charge on any atom is 0.0945 e. The molecule has 0 radical (unpaired) electrons. The molecule has 0 amide bonds. The summed E-state index contributed by atoms with van der Waals surface area (Å²) in [5.74, 6) is 1.20. The van der Waals surface area contributed by atoms with Crippen molar-refractivity contribution in [3.8, 4) is 0 Å². The SMILES string of the molecule is CCC1=CC(C2CCNCC2)c2ccc(Cl)cc2C(CCCn2ccnc2)=C1. The lowest BCUT2D eigenvalue weighted by Crippen LogP contribution is -2.30. The largest absolute Gasteiger partial charge is 0.337 e. The predicted octanol–water partition coefficient (Wildman–Crippen LogP) is 5.83. The predicted molar refractivity (Wildman–Crippen MR) is 118 cm³/mol. The summed E-state index contributed by atoms with van der Waals surface area (Å²) in [5, 5.41) is 4.35. The number of nitrogens with zero attached hydrogens (tertiary/aromatic N) is 2. The van der Waals surface area contributed by atoms with Crippen molar-refractivity contribution in [2.24, 2.45) is 5.92 Å². The van der Waals surface area contributed by atoms with E-state index in [2.05, 4.69) is 52.1 Å². The maximum absolute atomic E-state index is 6.45. The van der Waals surface area contributed by atoms with Gasteiger partial charge in [0.05, 0.1) is 6.33 Å². The molecule has 0 bridgehead atoms. The number of allylic oxidation sites excluding steroid dienone is 4. The minimum absolute atomic E-state index is 0.492. The lowest BCUT2D eigenvalue weighted by atomic mass is 9.78. The van der Waals surface area contributed by atoms with Crippen LogP contribution in [0.2, 0.25) is 5.02 Å². The van der Waals surface area contributed by atoms with Gasteiger partial charge in [0.2, 0.25) is 0 Å². The first-order valence-corrected chi connectivity index (χ1v) is 11.0.